The van der Waals surface area contributed by atoms with Crippen molar-refractivity contribution in [1.29, 1.82) is 0 Å². The molecule has 0 fully saturated rings. The summed E-state index contributed by atoms with van der Waals surface area (Å²) in [4.78, 5) is 16.5. The van der Waals surface area contributed by atoms with E-state index in [1.54, 1.807) is 11.8 Å². The quantitative estimate of drug-likeness (QED) is 0.808. The third-order valence-corrected chi connectivity index (χ3v) is 4.91. The predicted octanol–water partition coefficient (Wildman–Crippen LogP) is 3.87. The molecule has 1 unspecified atom stereocenters. The zero-order valence-electron chi connectivity index (χ0n) is 13.5. The van der Waals surface area contributed by atoms with Gasteiger partial charge in [-0.1, -0.05) is 12.1 Å². The topological polar surface area (TPSA) is 68.0 Å². The molecule has 2 rings (SSSR count). The molecule has 1 amide bonds. The lowest BCUT2D eigenvalue weighted by molar-refractivity contribution is -0.117. The standard InChI is InChI=1S/C16H21N3OS2.ClH/c1-10-4-5-12(8-11(10)2)14-9-22-16(18-14)19-15(20)13(17)6-7-21-3;/h4-5,8-9,13H,6-7,17H2,1-3H3,(H,18,19,20);1H. The first-order valence-electron chi connectivity index (χ1n) is 7.10. The maximum absolute atomic E-state index is 12.0. The van der Waals surface area contributed by atoms with Crippen LogP contribution in [0.3, 0.4) is 0 Å². The van der Waals surface area contributed by atoms with Crippen molar-refractivity contribution < 1.29 is 4.79 Å². The van der Waals surface area contributed by atoms with Crippen molar-refractivity contribution in [1.82, 2.24) is 4.98 Å². The maximum atomic E-state index is 12.0. The Balaban J connectivity index is 0.00000264. The molecule has 1 aromatic heterocycles. The van der Waals surface area contributed by atoms with E-state index < -0.39 is 6.04 Å². The first kappa shape index (κ1) is 20.0. The molecule has 7 heteroatoms. The van der Waals surface area contributed by atoms with Gasteiger partial charge in [0.15, 0.2) is 5.13 Å². The fraction of sp³-hybridized carbons (Fsp3) is 0.375. The van der Waals surface area contributed by atoms with Crippen LogP contribution in [0.4, 0.5) is 5.13 Å². The van der Waals surface area contributed by atoms with Gasteiger partial charge in [0.25, 0.3) is 0 Å². The fourth-order valence-corrected chi connectivity index (χ4v) is 3.15. The summed E-state index contributed by atoms with van der Waals surface area (Å²) in [6, 6.07) is 5.76. The number of anilines is 1. The summed E-state index contributed by atoms with van der Waals surface area (Å²) in [6.07, 6.45) is 2.67. The lowest BCUT2D eigenvalue weighted by Gasteiger charge is -2.09. The van der Waals surface area contributed by atoms with Gasteiger partial charge < -0.3 is 11.1 Å². The summed E-state index contributed by atoms with van der Waals surface area (Å²) in [5.74, 6) is 0.704. The van der Waals surface area contributed by atoms with Crippen LogP contribution in [0.25, 0.3) is 11.3 Å². The molecule has 1 atom stereocenters. The van der Waals surface area contributed by atoms with Gasteiger partial charge >= 0.3 is 0 Å². The smallest absolute Gasteiger partial charge is 0.243 e. The van der Waals surface area contributed by atoms with Gasteiger partial charge in [0, 0.05) is 10.9 Å². The summed E-state index contributed by atoms with van der Waals surface area (Å²) in [6.45, 7) is 4.17. The zero-order chi connectivity index (χ0) is 16.1. The molecule has 0 bridgehead atoms. The van der Waals surface area contributed by atoms with E-state index >= 15 is 0 Å². The van der Waals surface area contributed by atoms with Crippen molar-refractivity contribution in [2.45, 2.75) is 26.3 Å². The molecule has 126 valence electrons. The second-order valence-electron chi connectivity index (χ2n) is 5.21. The van der Waals surface area contributed by atoms with Crippen molar-refractivity contribution in [3.05, 3.63) is 34.7 Å². The Morgan fingerprint density at radius 1 is 1.39 bits per heavy atom. The second-order valence-corrected chi connectivity index (χ2v) is 7.06. The number of nitrogens with zero attached hydrogens (tertiary/aromatic N) is 1. The predicted molar refractivity (Wildman–Crippen MR) is 104 cm³/mol. The normalized spacial score (nSPS) is 11.7. The van der Waals surface area contributed by atoms with Crippen LogP contribution >= 0.6 is 35.5 Å². The summed E-state index contributed by atoms with van der Waals surface area (Å²) < 4.78 is 0. The van der Waals surface area contributed by atoms with Gasteiger partial charge in [-0.2, -0.15) is 11.8 Å². The summed E-state index contributed by atoms with van der Waals surface area (Å²) in [7, 11) is 0. The molecule has 0 saturated carbocycles. The molecule has 0 aliphatic rings. The molecule has 0 saturated heterocycles. The van der Waals surface area contributed by atoms with Gasteiger partial charge in [0.05, 0.1) is 11.7 Å². The molecule has 0 aliphatic carbocycles. The third-order valence-electron chi connectivity index (χ3n) is 3.51. The molecule has 3 N–H and O–H groups in total. The molecule has 4 nitrogen and oxygen atoms in total. The van der Waals surface area contributed by atoms with Crippen LogP contribution < -0.4 is 11.1 Å². The lowest BCUT2D eigenvalue weighted by atomic mass is 10.1. The zero-order valence-corrected chi connectivity index (χ0v) is 15.9. The van der Waals surface area contributed by atoms with Crippen molar-refractivity contribution in [2.75, 3.05) is 17.3 Å². The van der Waals surface area contributed by atoms with Crippen molar-refractivity contribution >= 4 is 46.5 Å². The molecular formula is C16H22ClN3OS2. The first-order chi connectivity index (χ1) is 10.5. The molecule has 0 aliphatic heterocycles. The van der Waals surface area contributed by atoms with Gasteiger partial charge in [0.1, 0.15) is 0 Å². The first-order valence-corrected chi connectivity index (χ1v) is 9.37. The van der Waals surface area contributed by atoms with Crippen LogP contribution in [-0.2, 0) is 4.79 Å². The third kappa shape index (κ3) is 5.49. The van der Waals surface area contributed by atoms with E-state index in [2.05, 4.69) is 36.3 Å². The minimum absolute atomic E-state index is 0. The number of amides is 1. The van der Waals surface area contributed by atoms with Crippen LogP contribution in [0.2, 0.25) is 0 Å². The number of carbonyl (C=O) groups excluding carboxylic acids is 1. The number of aromatic nitrogens is 1. The highest BCUT2D eigenvalue weighted by atomic mass is 35.5. The number of halogens is 1. The average Bonchev–Trinajstić information content (AvgIpc) is 2.96. The van der Waals surface area contributed by atoms with Crippen molar-refractivity contribution in [2.24, 2.45) is 5.73 Å². The Morgan fingerprint density at radius 3 is 2.78 bits per heavy atom. The number of carbonyl (C=O) groups is 1. The molecule has 1 heterocycles. The van der Waals surface area contributed by atoms with Gasteiger partial charge in [-0.05, 0) is 49.5 Å². The fourth-order valence-electron chi connectivity index (χ4n) is 1.94. The number of aryl methyl sites for hydroxylation is 2. The van der Waals surface area contributed by atoms with E-state index in [-0.39, 0.29) is 18.3 Å². The van der Waals surface area contributed by atoms with E-state index in [0.717, 1.165) is 17.0 Å². The van der Waals surface area contributed by atoms with E-state index in [9.17, 15) is 4.79 Å². The van der Waals surface area contributed by atoms with Gasteiger partial charge in [-0.15, -0.1) is 23.7 Å². The summed E-state index contributed by atoms with van der Waals surface area (Å²) in [5, 5.41) is 5.35. The van der Waals surface area contributed by atoms with Crippen molar-refractivity contribution in [3.63, 3.8) is 0 Å². The summed E-state index contributed by atoms with van der Waals surface area (Å²) >= 11 is 3.10. The minimum atomic E-state index is -0.485. The lowest BCUT2D eigenvalue weighted by Crippen LogP contribution is -2.36. The monoisotopic (exact) mass is 371 g/mol. The molecular weight excluding hydrogens is 350 g/mol. The number of nitrogens with two attached hydrogens (primary N) is 1. The Labute approximate surface area is 151 Å². The largest absolute Gasteiger partial charge is 0.320 e. The van der Waals surface area contributed by atoms with Crippen LogP contribution in [-0.4, -0.2) is 28.9 Å². The van der Waals surface area contributed by atoms with Crippen LogP contribution in [0.15, 0.2) is 23.6 Å². The van der Waals surface area contributed by atoms with Gasteiger partial charge in [-0.25, -0.2) is 4.98 Å². The molecule has 0 radical (unpaired) electrons. The average molecular weight is 372 g/mol. The molecule has 23 heavy (non-hydrogen) atoms. The van der Waals surface area contributed by atoms with E-state index in [1.165, 1.54) is 22.5 Å². The second kappa shape index (κ2) is 9.27. The molecule has 1 aromatic carbocycles. The van der Waals surface area contributed by atoms with Crippen LogP contribution in [0, 0.1) is 13.8 Å². The minimum Gasteiger partial charge on any atom is -0.320 e. The van der Waals surface area contributed by atoms with Crippen molar-refractivity contribution in [3.8, 4) is 11.3 Å². The van der Waals surface area contributed by atoms with Gasteiger partial charge in [0.2, 0.25) is 5.91 Å². The summed E-state index contributed by atoms with van der Waals surface area (Å²) in [5.41, 5.74) is 10.3. The Hall–Kier alpha value is -1.08. The number of thioether (sulfide) groups is 1. The Kier molecular flexibility index (Phi) is 8.05. The highest BCUT2D eigenvalue weighted by Crippen LogP contribution is 2.26. The highest BCUT2D eigenvalue weighted by molar-refractivity contribution is 7.98. The number of thiazole rings is 1. The van der Waals surface area contributed by atoms with Crippen LogP contribution in [0.1, 0.15) is 17.5 Å². The Morgan fingerprint density at radius 2 is 2.13 bits per heavy atom. The van der Waals surface area contributed by atoms with Crippen LogP contribution in [0.5, 0.6) is 0 Å². The SMILES string of the molecule is CSCCC(N)C(=O)Nc1nc(-c2ccc(C)c(C)c2)cs1.Cl. The van der Waals surface area contributed by atoms with E-state index in [0.29, 0.717) is 11.6 Å². The molecule has 0 spiro atoms. The highest BCUT2D eigenvalue weighted by Gasteiger charge is 2.15. The number of benzene rings is 1. The van der Waals surface area contributed by atoms with Gasteiger partial charge in [-0.3, -0.25) is 4.79 Å². The van der Waals surface area contributed by atoms with E-state index in [4.69, 9.17) is 5.73 Å². The number of rotatable bonds is 6. The Bertz CT molecular complexity index is 661. The number of hydrogen-bond acceptors (Lipinski definition) is 5. The molecule has 2 aromatic rings. The maximum Gasteiger partial charge on any atom is 0.243 e. The number of nitrogens with one attached hydrogen (secondary N) is 1. The number of hydrogen-bond donors (Lipinski definition) is 2. The van der Waals surface area contributed by atoms with E-state index in [1.807, 2.05) is 17.7 Å².